The molecular formula is C20H23N5O5S. The Hall–Kier alpha value is -3.34. The molecule has 0 bridgehead atoms. The van der Waals surface area contributed by atoms with Gasteiger partial charge < -0.3 is 19.7 Å². The predicted octanol–water partition coefficient (Wildman–Crippen LogP) is 2.20. The third kappa shape index (κ3) is 4.41. The minimum absolute atomic E-state index is 0.0229. The Morgan fingerprint density at radius 3 is 2.68 bits per heavy atom. The van der Waals surface area contributed by atoms with E-state index in [-0.39, 0.29) is 40.6 Å². The Balaban J connectivity index is 1.68. The highest BCUT2D eigenvalue weighted by molar-refractivity contribution is 7.89. The van der Waals surface area contributed by atoms with Crippen LogP contribution < -0.4 is 10.0 Å². The van der Waals surface area contributed by atoms with Crippen LogP contribution in [0, 0.1) is 12.8 Å². The molecule has 1 aliphatic heterocycles. The molecule has 3 N–H and O–H groups in total. The summed E-state index contributed by atoms with van der Waals surface area (Å²) < 4.78 is 36.0. The summed E-state index contributed by atoms with van der Waals surface area (Å²) in [5, 5.41) is 13.4. The van der Waals surface area contributed by atoms with Gasteiger partial charge in [0, 0.05) is 14.1 Å². The van der Waals surface area contributed by atoms with Gasteiger partial charge in [0.25, 0.3) is 5.91 Å². The Labute approximate surface area is 179 Å². The number of amides is 1. The smallest absolute Gasteiger partial charge is 0.345 e. The molecule has 0 saturated heterocycles. The molecule has 1 amide bonds. The largest absolute Gasteiger partial charge is 0.505 e. The van der Waals surface area contributed by atoms with Gasteiger partial charge in [0.05, 0.1) is 11.3 Å². The minimum Gasteiger partial charge on any atom is -0.505 e. The summed E-state index contributed by atoms with van der Waals surface area (Å²) in [6.07, 6.45) is 1.92. The third-order valence-corrected chi connectivity index (χ3v) is 5.85. The van der Waals surface area contributed by atoms with Crippen LogP contribution in [-0.2, 0) is 10.2 Å². The molecule has 0 radical (unpaired) electrons. The summed E-state index contributed by atoms with van der Waals surface area (Å²) in [5.41, 5.74) is 0.208. The highest BCUT2D eigenvalue weighted by Gasteiger charge is 2.37. The van der Waals surface area contributed by atoms with Crippen LogP contribution in [0.1, 0.15) is 40.8 Å². The normalized spacial score (nSPS) is 19.6. The van der Waals surface area contributed by atoms with E-state index in [4.69, 9.17) is 4.42 Å². The Morgan fingerprint density at radius 1 is 1.32 bits per heavy atom. The van der Waals surface area contributed by atoms with Crippen LogP contribution in [0.5, 0.6) is 5.75 Å². The summed E-state index contributed by atoms with van der Waals surface area (Å²) in [4.78, 5) is 18.2. The maximum atomic E-state index is 12.3. The fourth-order valence-electron chi connectivity index (χ4n) is 3.28. The first-order valence-electron chi connectivity index (χ1n) is 9.72. The van der Waals surface area contributed by atoms with Crippen molar-refractivity contribution >= 4 is 33.5 Å². The van der Waals surface area contributed by atoms with Crippen molar-refractivity contribution in [1.82, 2.24) is 9.62 Å². The summed E-state index contributed by atoms with van der Waals surface area (Å²) in [7, 11) is -0.852. The fourth-order valence-corrected chi connectivity index (χ4v) is 4.09. The molecule has 2 aliphatic rings. The molecule has 1 saturated carbocycles. The van der Waals surface area contributed by atoms with E-state index in [0.29, 0.717) is 5.76 Å². The van der Waals surface area contributed by atoms with Gasteiger partial charge >= 0.3 is 10.2 Å². The number of furan rings is 1. The van der Waals surface area contributed by atoms with E-state index >= 15 is 0 Å². The summed E-state index contributed by atoms with van der Waals surface area (Å²) >= 11 is 0. The number of para-hydroxylation sites is 1. The third-order valence-electron chi connectivity index (χ3n) is 4.98. The number of phenols is 1. The number of amidine groups is 2. The van der Waals surface area contributed by atoms with Gasteiger partial charge in [-0.1, -0.05) is 6.07 Å². The number of rotatable bonds is 5. The highest BCUT2D eigenvalue weighted by atomic mass is 32.2. The second-order valence-corrected chi connectivity index (χ2v) is 9.09. The standard InChI is InChI=1S/C20H23N5O5S/c1-11-7-10-15(30-11)16(12-8-9-12)22-19-18(23-31(28,29)24-19)21-14-6-4-5-13(17(14)26)20(27)25(2)3/h4-7,10,12,16,26H,8-9H2,1-3H3,(H,21,23)(H,22,24)/t16-/m1/s1. The molecule has 1 aromatic heterocycles. The van der Waals surface area contributed by atoms with Gasteiger partial charge in [0.15, 0.2) is 17.4 Å². The average molecular weight is 446 g/mol. The van der Waals surface area contributed by atoms with Gasteiger partial charge in [-0.15, -0.1) is 4.40 Å². The Kier molecular flexibility index (Phi) is 5.21. The SMILES string of the molecule is Cc1ccc([C@H](N=C2NS(=O)(=O)N=C2Nc2cccc(C(=O)N(C)C)c2O)C2CC2)o1. The van der Waals surface area contributed by atoms with Crippen molar-refractivity contribution < 1.29 is 22.7 Å². The van der Waals surface area contributed by atoms with Gasteiger partial charge in [-0.2, -0.15) is 8.42 Å². The maximum Gasteiger partial charge on any atom is 0.345 e. The van der Waals surface area contributed by atoms with E-state index in [0.717, 1.165) is 18.6 Å². The molecule has 1 aromatic carbocycles. The monoisotopic (exact) mass is 445 g/mol. The van der Waals surface area contributed by atoms with Crippen molar-refractivity contribution in [1.29, 1.82) is 0 Å². The molecule has 1 atom stereocenters. The molecule has 2 aromatic rings. The summed E-state index contributed by atoms with van der Waals surface area (Å²) in [5.74, 6) is 0.892. The lowest BCUT2D eigenvalue weighted by molar-refractivity contribution is 0.0824. The molecular weight excluding hydrogens is 422 g/mol. The van der Waals surface area contributed by atoms with Gasteiger partial charge in [-0.25, -0.2) is 4.72 Å². The maximum absolute atomic E-state index is 12.3. The lowest BCUT2D eigenvalue weighted by Gasteiger charge is -2.15. The lowest BCUT2D eigenvalue weighted by atomic mass is 10.1. The fraction of sp³-hybridized carbons (Fsp3) is 0.350. The van der Waals surface area contributed by atoms with Gasteiger partial charge in [0.2, 0.25) is 0 Å². The van der Waals surface area contributed by atoms with Crippen LogP contribution in [0.3, 0.4) is 0 Å². The van der Waals surface area contributed by atoms with Gasteiger partial charge in [0.1, 0.15) is 17.6 Å². The molecule has 4 rings (SSSR count). The average Bonchev–Trinajstić information content (AvgIpc) is 3.38. The van der Waals surface area contributed by atoms with E-state index in [9.17, 15) is 18.3 Å². The van der Waals surface area contributed by atoms with E-state index in [2.05, 4.69) is 19.4 Å². The summed E-state index contributed by atoms with van der Waals surface area (Å²) in [6, 6.07) is 7.88. The first kappa shape index (κ1) is 20.9. The molecule has 164 valence electrons. The topological polar surface area (TPSA) is 137 Å². The molecule has 10 nitrogen and oxygen atoms in total. The zero-order valence-electron chi connectivity index (χ0n) is 17.3. The van der Waals surface area contributed by atoms with Crippen LogP contribution in [0.15, 0.2) is 44.1 Å². The molecule has 1 aliphatic carbocycles. The second kappa shape index (κ2) is 7.73. The number of nitrogens with zero attached hydrogens (tertiary/aromatic N) is 3. The number of nitrogens with one attached hydrogen (secondary N) is 2. The number of hydrogen-bond acceptors (Lipinski definition) is 7. The van der Waals surface area contributed by atoms with E-state index < -0.39 is 16.1 Å². The number of aryl methyl sites for hydroxylation is 1. The number of anilines is 1. The Morgan fingerprint density at radius 2 is 2.06 bits per heavy atom. The molecule has 2 heterocycles. The van der Waals surface area contributed by atoms with Crippen LogP contribution >= 0.6 is 0 Å². The van der Waals surface area contributed by atoms with E-state index in [1.807, 2.05) is 19.1 Å². The van der Waals surface area contributed by atoms with Gasteiger partial charge in [-0.05, 0) is 49.9 Å². The number of phenolic OH excluding ortho intramolecular Hbond substituents is 1. The Bertz CT molecular complexity index is 1190. The van der Waals surface area contributed by atoms with E-state index in [1.54, 1.807) is 20.2 Å². The lowest BCUT2D eigenvalue weighted by Crippen LogP contribution is -2.31. The van der Waals surface area contributed by atoms with Crippen molar-refractivity contribution in [2.45, 2.75) is 25.8 Å². The zero-order valence-corrected chi connectivity index (χ0v) is 18.1. The first-order valence-corrected chi connectivity index (χ1v) is 11.2. The molecule has 0 unspecified atom stereocenters. The summed E-state index contributed by atoms with van der Waals surface area (Å²) in [6.45, 7) is 1.83. The number of carbonyl (C=O) groups excluding carboxylic acids is 1. The molecule has 11 heteroatoms. The van der Waals surface area contributed by atoms with Crippen LogP contribution in [-0.4, -0.2) is 50.1 Å². The van der Waals surface area contributed by atoms with Crippen LogP contribution in [0.4, 0.5) is 5.69 Å². The number of hydrogen-bond donors (Lipinski definition) is 3. The molecule has 0 spiro atoms. The quantitative estimate of drug-likeness (QED) is 0.604. The molecule has 1 fully saturated rings. The number of aromatic hydroxyl groups is 1. The highest BCUT2D eigenvalue weighted by Crippen LogP contribution is 2.44. The van der Waals surface area contributed by atoms with Crippen molar-refractivity contribution in [2.75, 3.05) is 19.4 Å². The van der Waals surface area contributed by atoms with Crippen LogP contribution in [0.25, 0.3) is 0 Å². The second-order valence-electron chi connectivity index (χ2n) is 7.75. The van der Waals surface area contributed by atoms with Crippen molar-refractivity contribution in [3.05, 3.63) is 47.4 Å². The number of aliphatic imine (C=N–C) groups is 1. The van der Waals surface area contributed by atoms with E-state index in [1.165, 1.54) is 17.0 Å². The zero-order chi connectivity index (χ0) is 22.3. The first-order chi connectivity index (χ1) is 14.6. The van der Waals surface area contributed by atoms with Crippen molar-refractivity contribution in [3.8, 4) is 5.75 Å². The predicted molar refractivity (Wildman–Crippen MR) is 116 cm³/mol. The van der Waals surface area contributed by atoms with Crippen molar-refractivity contribution in [3.63, 3.8) is 0 Å². The minimum atomic E-state index is -3.99. The number of benzene rings is 1. The van der Waals surface area contributed by atoms with Crippen molar-refractivity contribution in [2.24, 2.45) is 15.3 Å². The van der Waals surface area contributed by atoms with Crippen LogP contribution in [0.2, 0.25) is 0 Å². The number of carbonyl (C=O) groups is 1. The molecule has 31 heavy (non-hydrogen) atoms. The van der Waals surface area contributed by atoms with Gasteiger partial charge in [-0.3, -0.25) is 9.79 Å².